The zero-order valence-corrected chi connectivity index (χ0v) is 17.0. The first-order chi connectivity index (χ1) is 13.1. The van der Waals surface area contributed by atoms with Gasteiger partial charge < -0.3 is 15.0 Å². The molecule has 1 saturated heterocycles. The molecule has 1 aliphatic heterocycles. The summed E-state index contributed by atoms with van der Waals surface area (Å²) >= 11 is 0. The molecule has 0 atom stereocenters. The van der Waals surface area contributed by atoms with Gasteiger partial charge in [-0.05, 0) is 62.6 Å². The van der Waals surface area contributed by atoms with Gasteiger partial charge in [-0.25, -0.2) is 4.98 Å². The fraction of sp³-hybridized carbons (Fsp3) is 0.727. The third kappa shape index (κ3) is 5.93. The number of hydrogen-bond acceptors (Lipinski definition) is 5. The van der Waals surface area contributed by atoms with Crippen molar-refractivity contribution in [2.75, 3.05) is 32.1 Å². The Labute approximate surface area is 163 Å². The van der Waals surface area contributed by atoms with Gasteiger partial charge in [-0.2, -0.15) is 0 Å². The number of hydrogen-bond donors (Lipinski definition) is 1. The largest absolute Gasteiger partial charge is 0.469 e. The van der Waals surface area contributed by atoms with Crippen LogP contribution in [0.1, 0.15) is 63.4 Å². The van der Waals surface area contributed by atoms with Crippen LogP contribution in [0.5, 0.6) is 0 Å². The number of ether oxygens (including phenoxy) is 1. The lowest BCUT2D eigenvalue weighted by atomic mass is 9.69. The minimum Gasteiger partial charge on any atom is -0.469 e. The van der Waals surface area contributed by atoms with E-state index in [0.29, 0.717) is 12.5 Å². The quantitative estimate of drug-likeness (QED) is 0.727. The first kappa shape index (κ1) is 20.1. The van der Waals surface area contributed by atoms with E-state index in [1.54, 1.807) is 0 Å². The van der Waals surface area contributed by atoms with Gasteiger partial charge in [-0.3, -0.25) is 4.79 Å². The molecule has 5 heteroatoms. The first-order valence-electron chi connectivity index (χ1n) is 10.6. The van der Waals surface area contributed by atoms with Crippen molar-refractivity contribution < 1.29 is 9.53 Å². The zero-order chi connectivity index (χ0) is 19.1. The predicted octanol–water partition coefficient (Wildman–Crippen LogP) is 4.17. The summed E-state index contributed by atoms with van der Waals surface area (Å²) in [6, 6.07) is 4.69. The van der Waals surface area contributed by atoms with E-state index in [-0.39, 0.29) is 11.4 Å². The van der Waals surface area contributed by atoms with Crippen LogP contribution in [-0.2, 0) is 9.53 Å². The molecule has 0 aromatic carbocycles. The molecule has 0 radical (unpaired) electrons. The third-order valence-corrected chi connectivity index (χ3v) is 6.47. The molecule has 0 unspecified atom stereocenters. The molecule has 1 saturated carbocycles. The Balaban J connectivity index is 1.45. The van der Waals surface area contributed by atoms with Crippen LogP contribution in [0.2, 0.25) is 0 Å². The summed E-state index contributed by atoms with van der Waals surface area (Å²) in [5, 5.41) is 3.58. The standard InChI is InChI=1S/C22H35N3O2/c1-18-6-7-20(23-17-18)24-19-8-13-25(14-9-19)15-12-22(16-21(26)27-2)10-4-3-5-11-22/h6-7,17,19H,3-5,8-16H2,1-2H3,(H,23,24). The summed E-state index contributed by atoms with van der Waals surface area (Å²) in [5.74, 6) is 0.948. The van der Waals surface area contributed by atoms with E-state index in [2.05, 4.69) is 34.3 Å². The van der Waals surface area contributed by atoms with Crippen molar-refractivity contribution in [1.29, 1.82) is 0 Å². The van der Waals surface area contributed by atoms with Crippen LogP contribution in [0.4, 0.5) is 5.82 Å². The summed E-state index contributed by atoms with van der Waals surface area (Å²) in [7, 11) is 1.51. The Hall–Kier alpha value is -1.62. The second-order valence-electron chi connectivity index (χ2n) is 8.54. The Morgan fingerprint density at radius 2 is 2.00 bits per heavy atom. The molecule has 27 heavy (non-hydrogen) atoms. The van der Waals surface area contributed by atoms with Crippen molar-refractivity contribution in [2.24, 2.45) is 5.41 Å². The molecule has 1 aliphatic carbocycles. The van der Waals surface area contributed by atoms with E-state index >= 15 is 0 Å². The Morgan fingerprint density at radius 3 is 2.63 bits per heavy atom. The van der Waals surface area contributed by atoms with Crippen molar-refractivity contribution in [1.82, 2.24) is 9.88 Å². The minimum absolute atomic E-state index is 0.0367. The Morgan fingerprint density at radius 1 is 1.26 bits per heavy atom. The SMILES string of the molecule is COC(=O)CC1(CCN2CCC(Nc3ccc(C)cn3)CC2)CCCCC1. The number of anilines is 1. The number of aryl methyl sites for hydroxylation is 1. The van der Waals surface area contributed by atoms with E-state index in [4.69, 9.17) is 4.74 Å². The summed E-state index contributed by atoms with van der Waals surface area (Å²) in [6.07, 6.45) is 12.1. The van der Waals surface area contributed by atoms with Gasteiger partial charge in [0.1, 0.15) is 5.82 Å². The van der Waals surface area contributed by atoms with Gasteiger partial charge in [-0.1, -0.05) is 25.3 Å². The van der Waals surface area contributed by atoms with Crippen molar-refractivity contribution in [2.45, 2.75) is 70.8 Å². The van der Waals surface area contributed by atoms with Gasteiger partial charge in [0.25, 0.3) is 0 Å². The Kier molecular flexibility index (Phi) is 7.11. The summed E-state index contributed by atoms with van der Waals surface area (Å²) in [6.45, 7) is 5.41. The molecule has 1 N–H and O–H groups in total. The number of rotatable bonds is 7. The number of methoxy groups -OCH3 is 1. The van der Waals surface area contributed by atoms with E-state index < -0.39 is 0 Å². The maximum Gasteiger partial charge on any atom is 0.306 e. The van der Waals surface area contributed by atoms with Gasteiger partial charge in [0.2, 0.25) is 0 Å². The lowest BCUT2D eigenvalue weighted by Crippen LogP contribution is -2.41. The summed E-state index contributed by atoms with van der Waals surface area (Å²) in [5.41, 5.74) is 1.37. The molecule has 2 aliphatic rings. The molecular weight excluding hydrogens is 338 g/mol. The molecule has 5 nitrogen and oxygen atoms in total. The maximum absolute atomic E-state index is 11.9. The summed E-state index contributed by atoms with van der Waals surface area (Å²) < 4.78 is 4.98. The second kappa shape index (κ2) is 9.54. The maximum atomic E-state index is 11.9. The van der Waals surface area contributed by atoms with Crippen LogP contribution in [0, 0.1) is 12.3 Å². The molecule has 0 bridgehead atoms. The fourth-order valence-corrected chi connectivity index (χ4v) is 4.65. The van der Waals surface area contributed by atoms with Gasteiger partial charge in [0.15, 0.2) is 0 Å². The molecule has 2 heterocycles. The van der Waals surface area contributed by atoms with Crippen molar-refractivity contribution in [3.8, 4) is 0 Å². The number of nitrogens with zero attached hydrogens (tertiary/aromatic N) is 2. The predicted molar refractivity (Wildman–Crippen MR) is 109 cm³/mol. The molecule has 0 amide bonds. The van der Waals surface area contributed by atoms with Crippen molar-refractivity contribution in [3.63, 3.8) is 0 Å². The van der Waals surface area contributed by atoms with Gasteiger partial charge in [0, 0.05) is 25.3 Å². The van der Waals surface area contributed by atoms with Gasteiger partial charge >= 0.3 is 5.97 Å². The van der Waals surface area contributed by atoms with Crippen LogP contribution in [-0.4, -0.2) is 48.6 Å². The lowest BCUT2D eigenvalue weighted by Gasteiger charge is -2.39. The molecule has 1 aromatic rings. The number of carbonyl (C=O) groups excluding carboxylic acids is 1. The highest BCUT2D eigenvalue weighted by atomic mass is 16.5. The fourth-order valence-electron chi connectivity index (χ4n) is 4.65. The van der Waals surface area contributed by atoms with Crippen LogP contribution >= 0.6 is 0 Å². The zero-order valence-electron chi connectivity index (χ0n) is 17.0. The van der Waals surface area contributed by atoms with Crippen LogP contribution < -0.4 is 5.32 Å². The normalized spacial score (nSPS) is 21.0. The third-order valence-electron chi connectivity index (χ3n) is 6.47. The van der Waals surface area contributed by atoms with Crippen LogP contribution in [0.3, 0.4) is 0 Å². The number of nitrogens with one attached hydrogen (secondary N) is 1. The highest BCUT2D eigenvalue weighted by molar-refractivity contribution is 5.70. The smallest absolute Gasteiger partial charge is 0.306 e. The average Bonchev–Trinajstić information content (AvgIpc) is 2.70. The number of aromatic nitrogens is 1. The minimum atomic E-state index is -0.0367. The van der Waals surface area contributed by atoms with E-state index in [1.165, 1.54) is 44.8 Å². The first-order valence-corrected chi connectivity index (χ1v) is 10.6. The molecule has 2 fully saturated rings. The molecule has 3 rings (SSSR count). The number of likely N-dealkylation sites (tertiary alicyclic amines) is 1. The summed E-state index contributed by atoms with van der Waals surface area (Å²) in [4.78, 5) is 19.0. The number of carbonyl (C=O) groups is 1. The molecular formula is C22H35N3O2. The number of piperidine rings is 1. The number of pyridine rings is 1. The second-order valence-corrected chi connectivity index (χ2v) is 8.54. The number of esters is 1. The van der Waals surface area contributed by atoms with Crippen molar-refractivity contribution >= 4 is 11.8 Å². The van der Waals surface area contributed by atoms with E-state index in [9.17, 15) is 4.79 Å². The van der Waals surface area contributed by atoms with Gasteiger partial charge in [-0.15, -0.1) is 0 Å². The molecule has 0 spiro atoms. The molecule has 150 valence electrons. The monoisotopic (exact) mass is 373 g/mol. The highest BCUT2D eigenvalue weighted by Crippen LogP contribution is 2.42. The van der Waals surface area contributed by atoms with Crippen LogP contribution in [0.15, 0.2) is 18.3 Å². The molecule has 1 aromatic heterocycles. The van der Waals surface area contributed by atoms with E-state index in [0.717, 1.165) is 44.7 Å². The topological polar surface area (TPSA) is 54.5 Å². The lowest BCUT2D eigenvalue weighted by molar-refractivity contribution is -0.144. The Bertz CT molecular complexity index is 588. The average molecular weight is 374 g/mol. The van der Waals surface area contributed by atoms with Crippen molar-refractivity contribution in [3.05, 3.63) is 23.9 Å². The van der Waals surface area contributed by atoms with Crippen LogP contribution in [0.25, 0.3) is 0 Å². The van der Waals surface area contributed by atoms with Gasteiger partial charge in [0.05, 0.1) is 13.5 Å². The van der Waals surface area contributed by atoms with E-state index in [1.807, 2.05) is 6.20 Å². The highest BCUT2D eigenvalue weighted by Gasteiger charge is 2.35.